The normalized spacial score (nSPS) is 15.8. The zero-order valence-corrected chi connectivity index (χ0v) is 51.2. The van der Waals surface area contributed by atoms with Gasteiger partial charge in [0, 0.05) is 45.6 Å². The lowest BCUT2D eigenvalue weighted by Crippen LogP contribution is -2.37. The molecule has 0 saturated heterocycles. The first-order valence-electron chi connectivity index (χ1n) is 31.8. The Morgan fingerprint density at radius 3 is 1.43 bits per heavy atom. The monoisotopic (exact) mass is 1140 g/mol. The molecule has 13 aromatic rings. The van der Waals surface area contributed by atoms with Crippen molar-refractivity contribution in [3.05, 3.63) is 295 Å². The summed E-state index contributed by atoms with van der Waals surface area (Å²) in [6, 6.07) is 101. The van der Waals surface area contributed by atoms with Gasteiger partial charge in [0.25, 0.3) is 0 Å². The lowest BCUT2D eigenvalue weighted by Gasteiger charge is -2.43. The lowest BCUT2D eigenvalue weighted by molar-refractivity contribution is 0.169. The molecule has 1 saturated carbocycles. The van der Waals surface area contributed by atoms with Crippen molar-refractivity contribution in [3.63, 3.8) is 0 Å². The number of hydrogen-bond donors (Lipinski definition) is 0. The molecule has 3 aliphatic rings. The van der Waals surface area contributed by atoms with Crippen molar-refractivity contribution in [2.45, 2.75) is 84.1 Å². The quantitative estimate of drug-likeness (QED) is 0.141. The Kier molecular flexibility index (Phi) is 12.7. The molecule has 0 aromatic heterocycles. The van der Waals surface area contributed by atoms with E-state index in [2.05, 4.69) is 318 Å². The minimum absolute atomic E-state index is 0.0111. The van der Waals surface area contributed by atoms with Crippen LogP contribution >= 0.6 is 0 Å². The molecule has 1 heterocycles. The minimum Gasteiger partial charge on any atom is -0.457 e. The number of nitrogens with zero attached hydrogens (tertiary/aromatic N) is 2. The number of ether oxygens (including phenoxy) is 1. The highest BCUT2D eigenvalue weighted by molar-refractivity contribution is 6.20. The Balaban J connectivity index is 0.898. The van der Waals surface area contributed by atoms with Crippen molar-refractivity contribution in [1.29, 1.82) is 0 Å². The van der Waals surface area contributed by atoms with Gasteiger partial charge in [0.2, 0.25) is 0 Å². The summed E-state index contributed by atoms with van der Waals surface area (Å²) in [4.78, 5) is 5.17. The standard InChI is InChI=1S/C85H72N2O/c1-83(2,3)63-35-43-67(44-36-63)86(65-39-31-57(32-40-65)61-29-27-55-17-7-9-19-59(55)51-61)69-47-49-73-75(53-69)71-21-11-12-22-72(71)81-74-50-48-70(54-78(74)85(82(73)81)76-23-13-15-25-79(76)88-80-26-16-14-24-77(80)85)87(68-45-37-64(38-46-68)84(4,5)6)66-41-33-58(34-42-66)62-30-28-56-18-8-10-20-60(56)52-62/h7-36,39-44,47-54,64,68H,37-38,45-46H2,1-6H3. The van der Waals surface area contributed by atoms with E-state index in [-0.39, 0.29) is 10.8 Å². The van der Waals surface area contributed by atoms with E-state index < -0.39 is 5.41 Å². The van der Waals surface area contributed by atoms with Gasteiger partial charge in [0.05, 0.1) is 5.41 Å². The van der Waals surface area contributed by atoms with Gasteiger partial charge in [-0.15, -0.1) is 0 Å². The second-order valence-electron chi connectivity index (χ2n) is 27.2. The Hall–Kier alpha value is -9.70. The van der Waals surface area contributed by atoms with Crippen LogP contribution in [0, 0.1) is 11.3 Å². The predicted octanol–water partition coefficient (Wildman–Crippen LogP) is 23.6. The summed E-state index contributed by atoms with van der Waals surface area (Å²) >= 11 is 0. The molecule has 3 heteroatoms. The van der Waals surface area contributed by atoms with E-state index in [1.807, 2.05) is 0 Å². The fourth-order valence-corrected chi connectivity index (χ4v) is 15.6. The van der Waals surface area contributed by atoms with Crippen molar-refractivity contribution < 1.29 is 4.74 Å². The largest absolute Gasteiger partial charge is 0.457 e. The molecule has 1 fully saturated rings. The number of rotatable bonds is 8. The van der Waals surface area contributed by atoms with Crippen LogP contribution < -0.4 is 14.5 Å². The second-order valence-corrected chi connectivity index (χ2v) is 27.2. The molecule has 3 nitrogen and oxygen atoms in total. The van der Waals surface area contributed by atoms with Crippen LogP contribution in [-0.2, 0) is 10.8 Å². The molecule has 13 aromatic carbocycles. The van der Waals surface area contributed by atoms with Crippen LogP contribution in [0.1, 0.15) is 95.0 Å². The summed E-state index contributed by atoms with van der Waals surface area (Å²) < 4.78 is 7.06. The van der Waals surface area contributed by atoms with Crippen molar-refractivity contribution in [2.24, 2.45) is 11.3 Å². The van der Waals surface area contributed by atoms with E-state index in [4.69, 9.17) is 4.74 Å². The zero-order valence-electron chi connectivity index (χ0n) is 51.2. The molecule has 1 spiro atoms. The Bertz CT molecular complexity index is 4810. The summed E-state index contributed by atoms with van der Waals surface area (Å²) in [5.74, 6) is 2.46. The van der Waals surface area contributed by atoms with E-state index in [0.29, 0.717) is 12.0 Å². The molecule has 16 rings (SSSR count). The van der Waals surface area contributed by atoms with Gasteiger partial charge in [0.15, 0.2) is 0 Å². The topological polar surface area (TPSA) is 15.7 Å². The van der Waals surface area contributed by atoms with Crippen molar-refractivity contribution in [2.75, 3.05) is 9.80 Å². The fraction of sp³-hybridized carbons (Fsp3) is 0.176. The maximum Gasteiger partial charge on any atom is 0.132 e. The van der Waals surface area contributed by atoms with Gasteiger partial charge in [-0.3, -0.25) is 0 Å². The Morgan fingerprint density at radius 2 is 0.852 bits per heavy atom. The minimum atomic E-state index is -0.744. The highest BCUT2D eigenvalue weighted by Crippen LogP contribution is 2.66. The SMILES string of the molecule is CC(C)(C)c1ccc(N(c2ccc(-c3ccc4ccccc4c3)cc2)c2ccc3c4c(c5ccccc5c3c2)-c2ccc(N(c3ccc(-c5ccc6ccccc6c5)cc3)C3CCC(C(C)(C)C)CC3)cc2C42c3ccccc3Oc3ccccc32)cc1. The highest BCUT2D eigenvalue weighted by atomic mass is 16.5. The van der Waals surface area contributed by atoms with Crippen molar-refractivity contribution in [3.8, 4) is 44.9 Å². The molecule has 428 valence electrons. The predicted molar refractivity (Wildman–Crippen MR) is 372 cm³/mol. The van der Waals surface area contributed by atoms with Crippen LogP contribution in [0.25, 0.3) is 76.5 Å². The highest BCUT2D eigenvalue weighted by Gasteiger charge is 2.53. The molecule has 0 amide bonds. The first-order chi connectivity index (χ1) is 42.9. The lowest BCUT2D eigenvalue weighted by atomic mass is 9.65. The Labute approximate surface area is 518 Å². The van der Waals surface area contributed by atoms with E-state index in [0.717, 1.165) is 52.5 Å². The van der Waals surface area contributed by atoms with Gasteiger partial charge in [-0.1, -0.05) is 224 Å². The summed E-state index contributed by atoms with van der Waals surface area (Å²) in [5.41, 5.74) is 18.9. The van der Waals surface area contributed by atoms with Crippen molar-refractivity contribution >= 4 is 71.5 Å². The van der Waals surface area contributed by atoms with Gasteiger partial charge in [-0.2, -0.15) is 0 Å². The first-order valence-corrected chi connectivity index (χ1v) is 31.8. The summed E-state index contributed by atoms with van der Waals surface area (Å²) in [5, 5.41) is 9.94. The number of hydrogen-bond acceptors (Lipinski definition) is 3. The smallest absolute Gasteiger partial charge is 0.132 e. The molecule has 0 radical (unpaired) electrons. The van der Waals surface area contributed by atoms with Gasteiger partial charge in [-0.05, 0) is 221 Å². The fourth-order valence-electron chi connectivity index (χ4n) is 15.6. The molecule has 0 bridgehead atoms. The first kappa shape index (κ1) is 53.7. The summed E-state index contributed by atoms with van der Waals surface area (Å²) in [6.07, 6.45) is 4.66. The molecule has 88 heavy (non-hydrogen) atoms. The summed E-state index contributed by atoms with van der Waals surface area (Å²) in [6.45, 7) is 14.2. The average Bonchev–Trinajstić information content (AvgIpc) is 1.47. The number of para-hydroxylation sites is 2. The molecule has 0 N–H and O–H groups in total. The van der Waals surface area contributed by atoms with E-state index in [1.54, 1.807) is 0 Å². The van der Waals surface area contributed by atoms with Gasteiger partial charge >= 0.3 is 0 Å². The maximum absolute atomic E-state index is 7.06. The average molecular weight is 1140 g/mol. The molecular formula is C85H72N2O. The van der Waals surface area contributed by atoms with Crippen LogP contribution in [0.15, 0.2) is 267 Å². The van der Waals surface area contributed by atoms with Crippen molar-refractivity contribution in [1.82, 2.24) is 0 Å². The summed E-state index contributed by atoms with van der Waals surface area (Å²) in [7, 11) is 0. The van der Waals surface area contributed by atoms with Crippen LogP contribution in [0.2, 0.25) is 0 Å². The van der Waals surface area contributed by atoms with Gasteiger partial charge in [0.1, 0.15) is 11.5 Å². The molecule has 0 unspecified atom stereocenters. The van der Waals surface area contributed by atoms with Crippen LogP contribution in [0.4, 0.5) is 28.4 Å². The zero-order chi connectivity index (χ0) is 59.5. The van der Waals surface area contributed by atoms with E-state index in [1.165, 1.54) is 117 Å². The molecule has 1 aliphatic heterocycles. The third-order valence-corrected chi connectivity index (χ3v) is 20.1. The maximum atomic E-state index is 7.06. The molecule has 2 aliphatic carbocycles. The second kappa shape index (κ2) is 20.7. The molecule has 0 atom stereocenters. The van der Waals surface area contributed by atoms with E-state index in [9.17, 15) is 0 Å². The number of anilines is 5. The third-order valence-electron chi connectivity index (χ3n) is 20.1. The van der Waals surface area contributed by atoms with Crippen LogP contribution in [0.3, 0.4) is 0 Å². The number of fused-ring (bicyclic) bond motifs is 16. The number of benzene rings is 13. The van der Waals surface area contributed by atoms with Crippen LogP contribution in [-0.4, -0.2) is 6.04 Å². The van der Waals surface area contributed by atoms with Gasteiger partial charge in [-0.25, -0.2) is 0 Å². The van der Waals surface area contributed by atoms with Crippen LogP contribution in [0.5, 0.6) is 11.5 Å². The molecular weight excluding hydrogens is 1060 g/mol. The van der Waals surface area contributed by atoms with E-state index >= 15 is 0 Å². The third kappa shape index (κ3) is 8.83. The Morgan fingerprint density at radius 1 is 0.364 bits per heavy atom. The van der Waals surface area contributed by atoms with Gasteiger partial charge < -0.3 is 14.5 Å².